The van der Waals surface area contributed by atoms with Crippen LogP contribution in [0.15, 0.2) is 22.7 Å². The van der Waals surface area contributed by atoms with Crippen LogP contribution in [0.3, 0.4) is 0 Å². The molecule has 0 N–H and O–H groups in total. The highest BCUT2D eigenvalue weighted by Crippen LogP contribution is 2.29. The van der Waals surface area contributed by atoms with Crippen molar-refractivity contribution in [2.75, 3.05) is 17.2 Å². The quantitative estimate of drug-likeness (QED) is 0.783. The summed E-state index contributed by atoms with van der Waals surface area (Å²) in [6.07, 6.45) is -0.0583. The molecule has 0 saturated carbocycles. The molecule has 0 aliphatic carbocycles. The van der Waals surface area contributed by atoms with Crippen molar-refractivity contribution in [3.8, 4) is 0 Å². The van der Waals surface area contributed by atoms with E-state index in [0.717, 1.165) is 0 Å². The van der Waals surface area contributed by atoms with Crippen molar-refractivity contribution < 1.29 is 21.5 Å². The van der Waals surface area contributed by atoms with Crippen molar-refractivity contribution in [3.63, 3.8) is 0 Å². The molecule has 104 valence electrons. The molecule has 1 fully saturated rings. The molecule has 8 heteroatoms. The third kappa shape index (κ3) is 3.73. The molecule has 1 saturated heterocycles. The molecular formula is C11H10BrF2NO3S. The monoisotopic (exact) mass is 353 g/mol. The molecule has 1 aliphatic rings. The molecule has 1 unspecified atom stereocenters. The number of carbonyl (C=O) groups is 1. The van der Waals surface area contributed by atoms with Crippen LogP contribution in [0.5, 0.6) is 0 Å². The summed E-state index contributed by atoms with van der Waals surface area (Å²) in [4.78, 5) is 13.0. The van der Waals surface area contributed by atoms with E-state index in [9.17, 15) is 21.5 Å². The van der Waals surface area contributed by atoms with Gasteiger partial charge in [0.15, 0.2) is 0 Å². The maximum atomic E-state index is 13.3. The van der Waals surface area contributed by atoms with Gasteiger partial charge in [0.25, 0.3) is 0 Å². The lowest BCUT2D eigenvalue weighted by atomic mass is 10.1. The number of hydrogen-bond acceptors (Lipinski definition) is 3. The fourth-order valence-corrected chi connectivity index (χ4v) is 3.36. The van der Waals surface area contributed by atoms with Crippen molar-refractivity contribution >= 4 is 37.7 Å². The van der Waals surface area contributed by atoms with Crippen LogP contribution in [0.25, 0.3) is 0 Å². The van der Waals surface area contributed by atoms with E-state index in [-0.39, 0.29) is 18.9 Å². The Morgan fingerprint density at radius 1 is 1.37 bits per heavy atom. The molecule has 19 heavy (non-hydrogen) atoms. The van der Waals surface area contributed by atoms with E-state index in [4.69, 9.17) is 0 Å². The Labute approximate surface area is 117 Å². The van der Waals surface area contributed by atoms with E-state index in [1.165, 1.54) is 17.0 Å². The first kappa shape index (κ1) is 14.4. The van der Waals surface area contributed by atoms with E-state index in [2.05, 4.69) is 15.9 Å². The smallest absolute Gasteiger partial charge is 0.302 e. The summed E-state index contributed by atoms with van der Waals surface area (Å²) in [7, 11) is -4.62. The van der Waals surface area contributed by atoms with Crippen LogP contribution >= 0.6 is 15.9 Å². The Morgan fingerprint density at radius 2 is 2.05 bits per heavy atom. The molecule has 1 heterocycles. The van der Waals surface area contributed by atoms with Gasteiger partial charge in [0.05, 0.1) is 5.75 Å². The second-order valence-corrected chi connectivity index (χ2v) is 6.73. The Bertz CT molecular complexity index is 600. The highest BCUT2D eigenvalue weighted by Gasteiger charge is 2.33. The van der Waals surface area contributed by atoms with Crippen LogP contribution in [0.1, 0.15) is 6.42 Å². The Kier molecular flexibility index (Phi) is 3.91. The molecule has 1 aromatic carbocycles. The number of nitrogens with zero attached hydrogens (tertiary/aromatic N) is 1. The Balaban J connectivity index is 2.20. The summed E-state index contributed by atoms with van der Waals surface area (Å²) in [5, 5.41) is 0. The fraction of sp³-hybridized carbons (Fsp3) is 0.364. The van der Waals surface area contributed by atoms with Gasteiger partial charge in [0.1, 0.15) is 5.82 Å². The maximum Gasteiger partial charge on any atom is 0.302 e. The van der Waals surface area contributed by atoms with Crippen molar-refractivity contribution in [2.24, 2.45) is 5.92 Å². The predicted molar refractivity (Wildman–Crippen MR) is 69.5 cm³/mol. The van der Waals surface area contributed by atoms with Gasteiger partial charge >= 0.3 is 10.2 Å². The fourth-order valence-electron chi connectivity index (χ4n) is 2.12. The van der Waals surface area contributed by atoms with E-state index in [0.29, 0.717) is 10.2 Å². The van der Waals surface area contributed by atoms with Crippen LogP contribution in [0, 0.1) is 11.7 Å². The number of halogens is 3. The lowest BCUT2D eigenvalue weighted by molar-refractivity contribution is -0.117. The number of amides is 1. The topological polar surface area (TPSA) is 54.5 Å². The van der Waals surface area contributed by atoms with Gasteiger partial charge in [-0.25, -0.2) is 4.39 Å². The number of rotatable bonds is 3. The van der Waals surface area contributed by atoms with Crippen molar-refractivity contribution in [2.45, 2.75) is 6.42 Å². The maximum absolute atomic E-state index is 13.3. The average Bonchev–Trinajstić information content (AvgIpc) is 2.54. The standard InChI is InChI=1S/C11H10BrF2NO3S/c12-8-2-9(13)4-10(3-8)15-5-7(1-11(15)16)6-19(14,17)18/h2-4,7H,1,5-6H2. The van der Waals surface area contributed by atoms with Gasteiger partial charge in [-0.1, -0.05) is 15.9 Å². The molecule has 2 rings (SSSR count). The minimum Gasteiger partial charge on any atom is -0.312 e. The molecule has 1 aromatic rings. The van der Waals surface area contributed by atoms with Crippen LogP contribution in [-0.2, 0) is 15.0 Å². The molecular weight excluding hydrogens is 344 g/mol. The first-order valence-corrected chi connectivity index (χ1v) is 7.78. The second kappa shape index (κ2) is 5.16. The van der Waals surface area contributed by atoms with E-state index in [1.807, 2.05) is 0 Å². The molecule has 0 bridgehead atoms. The van der Waals surface area contributed by atoms with Crippen molar-refractivity contribution in [3.05, 3.63) is 28.5 Å². The molecule has 0 radical (unpaired) electrons. The predicted octanol–water partition coefficient (Wildman–Crippen LogP) is 2.24. The number of hydrogen-bond donors (Lipinski definition) is 0. The van der Waals surface area contributed by atoms with Crippen LogP contribution < -0.4 is 4.90 Å². The van der Waals surface area contributed by atoms with Crippen LogP contribution in [0.2, 0.25) is 0 Å². The van der Waals surface area contributed by atoms with E-state index >= 15 is 0 Å². The van der Waals surface area contributed by atoms with Crippen molar-refractivity contribution in [1.29, 1.82) is 0 Å². The summed E-state index contributed by atoms with van der Waals surface area (Å²) < 4.78 is 47.5. The van der Waals surface area contributed by atoms with Gasteiger partial charge in [0, 0.05) is 29.0 Å². The van der Waals surface area contributed by atoms with Crippen LogP contribution in [0.4, 0.5) is 14.0 Å². The number of anilines is 1. The van der Waals surface area contributed by atoms with Gasteiger partial charge in [-0.05, 0) is 18.2 Å². The summed E-state index contributed by atoms with van der Waals surface area (Å²) >= 11 is 3.11. The second-order valence-electron chi connectivity index (χ2n) is 4.41. The van der Waals surface area contributed by atoms with Gasteiger partial charge in [-0.15, -0.1) is 3.89 Å². The third-order valence-corrected chi connectivity index (χ3v) is 4.13. The molecule has 1 aliphatic heterocycles. The first-order chi connectivity index (χ1) is 8.74. The van der Waals surface area contributed by atoms with Gasteiger partial charge in [-0.2, -0.15) is 8.42 Å². The van der Waals surface area contributed by atoms with Gasteiger partial charge in [-0.3, -0.25) is 4.79 Å². The van der Waals surface area contributed by atoms with Gasteiger partial charge < -0.3 is 4.90 Å². The molecule has 1 atom stereocenters. The molecule has 0 spiro atoms. The molecule has 1 amide bonds. The zero-order valence-corrected chi connectivity index (χ0v) is 12.0. The average molecular weight is 354 g/mol. The molecule has 4 nitrogen and oxygen atoms in total. The lowest BCUT2D eigenvalue weighted by Crippen LogP contribution is -2.25. The van der Waals surface area contributed by atoms with E-state index < -0.39 is 27.7 Å². The van der Waals surface area contributed by atoms with E-state index in [1.54, 1.807) is 6.07 Å². The third-order valence-electron chi connectivity index (χ3n) is 2.80. The SMILES string of the molecule is O=C1CC(CS(=O)(=O)F)CN1c1cc(F)cc(Br)c1. The zero-order chi connectivity index (χ0) is 14.2. The van der Waals surface area contributed by atoms with Crippen LogP contribution in [-0.4, -0.2) is 26.6 Å². The lowest BCUT2D eigenvalue weighted by Gasteiger charge is -2.17. The number of carbonyl (C=O) groups excluding carboxylic acids is 1. The van der Waals surface area contributed by atoms with Crippen molar-refractivity contribution in [1.82, 2.24) is 0 Å². The summed E-state index contributed by atoms with van der Waals surface area (Å²) in [6, 6.07) is 3.97. The largest absolute Gasteiger partial charge is 0.312 e. The minimum absolute atomic E-state index is 0.0583. The first-order valence-electron chi connectivity index (χ1n) is 5.43. The number of benzene rings is 1. The normalized spacial score (nSPS) is 20.1. The zero-order valence-electron chi connectivity index (χ0n) is 9.64. The minimum atomic E-state index is -4.62. The Hall–Kier alpha value is -1.02. The summed E-state index contributed by atoms with van der Waals surface area (Å²) in [5.41, 5.74) is 0.329. The summed E-state index contributed by atoms with van der Waals surface area (Å²) in [5.74, 6) is -2.15. The highest BCUT2D eigenvalue weighted by molar-refractivity contribution is 9.10. The summed E-state index contributed by atoms with van der Waals surface area (Å²) in [6.45, 7) is 0.0673. The highest BCUT2D eigenvalue weighted by atomic mass is 79.9. The molecule has 0 aromatic heterocycles. The van der Waals surface area contributed by atoms with Gasteiger partial charge in [0.2, 0.25) is 5.91 Å². The Morgan fingerprint density at radius 3 is 2.63 bits per heavy atom.